The Kier molecular flexibility index (Phi) is 4.69. The van der Waals surface area contributed by atoms with Crippen molar-refractivity contribution < 1.29 is 4.79 Å². The molecule has 2 heterocycles. The molecule has 0 aromatic carbocycles. The molecule has 1 unspecified atom stereocenters. The number of rotatable bonds is 5. The van der Waals surface area contributed by atoms with Crippen LogP contribution in [0.3, 0.4) is 0 Å². The van der Waals surface area contributed by atoms with Gasteiger partial charge in [-0.1, -0.05) is 13.3 Å². The van der Waals surface area contributed by atoms with E-state index in [0.29, 0.717) is 12.5 Å². The largest absolute Gasteiger partial charge is 0.349 e. The zero-order chi connectivity index (χ0) is 12.8. The van der Waals surface area contributed by atoms with E-state index in [1.807, 2.05) is 0 Å². The zero-order valence-corrected chi connectivity index (χ0v) is 10.9. The van der Waals surface area contributed by atoms with E-state index in [9.17, 15) is 4.79 Å². The Balaban J connectivity index is 1.68. The average Bonchev–Trinajstić information content (AvgIpc) is 2.91. The highest BCUT2D eigenvalue weighted by molar-refractivity contribution is 5.90. The minimum absolute atomic E-state index is 0.182. The van der Waals surface area contributed by atoms with Crippen LogP contribution in [0.2, 0.25) is 0 Å². The second kappa shape index (κ2) is 6.49. The molecule has 1 saturated heterocycles. The lowest BCUT2D eigenvalue weighted by Crippen LogP contribution is -2.38. The molecule has 0 bridgehead atoms. The molecule has 0 aliphatic carbocycles. The Morgan fingerprint density at radius 2 is 2.28 bits per heavy atom. The van der Waals surface area contributed by atoms with E-state index in [0.717, 1.165) is 6.54 Å². The van der Waals surface area contributed by atoms with E-state index >= 15 is 0 Å². The minimum Gasteiger partial charge on any atom is -0.349 e. The van der Waals surface area contributed by atoms with Gasteiger partial charge >= 0.3 is 0 Å². The van der Waals surface area contributed by atoms with Crippen LogP contribution >= 0.6 is 0 Å². The van der Waals surface area contributed by atoms with E-state index in [-0.39, 0.29) is 11.7 Å². The van der Waals surface area contributed by atoms with Gasteiger partial charge in [0, 0.05) is 13.1 Å². The van der Waals surface area contributed by atoms with Gasteiger partial charge in [0.15, 0.2) is 0 Å². The summed E-state index contributed by atoms with van der Waals surface area (Å²) >= 11 is 0. The van der Waals surface area contributed by atoms with Gasteiger partial charge in [-0.15, -0.1) is 0 Å². The van der Waals surface area contributed by atoms with Gasteiger partial charge in [0.2, 0.25) is 5.82 Å². The Hall–Kier alpha value is -1.43. The zero-order valence-electron chi connectivity index (χ0n) is 10.9. The molecule has 1 aromatic rings. The number of hydrogen-bond donors (Lipinski definition) is 2. The van der Waals surface area contributed by atoms with E-state index in [2.05, 4.69) is 32.3 Å². The Morgan fingerprint density at radius 1 is 1.50 bits per heavy atom. The molecule has 1 fully saturated rings. The summed E-state index contributed by atoms with van der Waals surface area (Å²) in [6.07, 6.45) is 5.30. The van der Waals surface area contributed by atoms with Gasteiger partial charge in [0.05, 0.1) is 0 Å². The third-order valence-electron chi connectivity index (χ3n) is 3.26. The van der Waals surface area contributed by atoms with Crippen LogP contribution in [0, 0.1) is 5.92 Å². The van der Waals surface area contributed by atoms with Crippen molar-refractivity contribution in [2.24, 2.45) is 5.92 Å². The number of H-pyrrole nitrogens is 1. The predicted molar refractivity (Wildman–Crippen MR) is 68.2 cm³/mol. The molecule has 18 heavy (non-hydrogen) atoms. The fourth-order valence-corrected chi connectivity index (χ4v) is 2.31. The van der Waals surface area contributed by atoms with Crippen molar-refractivity contribution in [3.8, 4) is 0 Å². The number of nitrogens with one attached hydrogen (secondary N) is 2. The third-order valence-corrected chi connectivity index (χ3v) is 3.26. The van der Waals surface area contributed by atoms with E-state index in [1.165, 1.54) is 38.7 Å². The number of nitrogens with zero attached hydrogens (tertiary/aromatic N) is 3. The highest BCUT2D eigenvalue weighted by Gasteiger charge is 2.15. The number of likely N-dealkylation sites (tertiary alicyclic amines) is 1. The second-order valence-corrected chi connectivity index (χ2v) is 5.01. The molecule has 1 aliphatic rings. The van der Waals surface area contributed by atoms with Crippen molar-refractivity contribution in [2.75, 3.05) is 26.2 Å². The minimum atomic E-state index is -0.182. The number of piperidine rings is 1. The lowest BCUT2D eigenvalue weighted by molar-refractivity contribution is 0.0932. The van der Waals surface area contributed by atoms with Gasteiger partial charge in [-0.2, -0.15) is 5.10 Å². The Labute approximate surface area is 107 Å². The summed E-state index contributed by atoms with van der Waals surface area (Å²) in [6, 6.07) is 0. The smallest absolute Gasteiger partial charge is 0.288 e. The summed E-state index contributed by atoms with van der Waals surface area (Å²) in [4.78, 5) is 17.9. The van der Waals surface area contributed by atoms with Crippen molar-refractivity contribution in [2.45, 2.75) is 26.2 Å². The summed E-state index contributed by atoms with van der Waals surface area (Å²) < 4.78 is 0. The lowest BCUT2D eigenvalue weighted by Gasteiger charge is -2.29. The Bertz CT molecular complexity index is 359. The first kappa shape index (κ1) is 13.0. The number of hydrogen-bond acceptors (Lipinski definition) is 4. The summed E-state index contributed by atoms with van der Waals surface area (Å²) in [6.45, 7) is 6.28. The fourth-order valence-electron chi connectivity index (χ4n) is 2.31. The van der Waals surface area contributed by atoms with Crippen LogP contribution in [-0.4, -0.2) is 52.2 Å². The quantitative estimate of drug-likeness (QED) is 0.806. The molecular weight excluding hydrogens is 230 g/mol. The first-order valence-corrected chi connectivity index (χ1v) is 6.61. The van der Waals surface area contributed by atoms with Crippen LogP contribution < -0.4 is 5.32 Å². The maximum absolute atomic E-state index is 11.6. The highest BCUT2D eigenvalue weighted by atomic mass is 16.2. The Morgan fingerprint density at radius 3 is 2.94 bits per heavy atom. The van der Waals surface area contributed by atoms with Crippen LogP contribution in [0.1, 0.15) is 36.8 Å². The SMILES string of the molecule is CC(CNC(=O)c1ncn[nH]1)CN1CCCCC1. The third kappa shape index (κ3) is 3.80. The molecule has 0 saturated carbocycles. The van der Waals surface area contributed by atoms with Gasteiger partial charge < -0.3 is 10.2 Å². The summed E-state index contributed by atoms with van der Waals surface area (Å²) in [7, 11) is 0. The molecule has 1 aromatic heterocycles. The van der Waals surface area contributed by atoms with Crippen molar-refractivity contribution in [3.05, 3.63) is 12.2 Å². The number of carbonyl (C=O) groups is 1. The summed E-state index contributed by atoms with van der Waals surface area (Å²) in [5.41, 5.74) is 0. The molecule has 1 atom stereocenters. The molecule has 1 amide bonds. The maximum Gasteiger partial charge on any atom is 0.288 e. The molecular formula is C12H21N5O. The molecule has 0 spiro atoms. The van der Waals surface area contributed by atoms with E-state index < -0.39 is 0 Å². The number of carbonyl (C=O) groups excluding carboxylic acids is 1. The van der Waals surface area contributed by atoms with Gasteiger partial charge in [0.1, 0.15) is 6.33 Å². The molecule has 1 aliphatic heterocycles. The highest BCUT2D eigenvalue weighted by Crippen LogP contribution is 2.10. The first-order valence-electron chi connectivity index (χ1n) is 6.61. The van der Waals surface area contributed by atoms with Crippen LogP contribution in [0.25, 0.3) is 0 Å². The van der Waals surface area contributed by atoms with Gasteiger partial charge in [-0.3, -0.25) is 9.89 Å². The monoisotopic (exact) mass is 251 g/mol. The van der Waals surface area contributed by atoms with Crippen LogP contribution in [0.5, 0.6) is 0 Å². The first-order chi connectivity index (χ1) is 8.75. The number of amides is 1. The molecule has 0 radical (unpaired) electrons. The van der Waals surface area contributed by atoms with Gasteiger partial charge in [0.25, 0.3) is 5.91 Å². The number of aromatic amines is 1. The maximum atomic E-state index is 11.6. The fraction of sp³-hybridized carbons (Fsp3) is 0.750. The van der Waals surface area contributed by atoms with Gasteiger partial charge in [-0.25, -0.2) is 4.98 Å². The molecule has 2 N–H and O–H groups in total. The molecule has 6 nitrogen and oxygen atoms in total. The molecule has 100 valence electrons. The van der Waals surface area contributed by atoms with Crippen molar-refractivity contribution in [3.63, 3.8) is 0 Å². The van der Waals surface area contributed by atoms with Gasteiger partial charge in [-0.05, 0) is 31.8 Å². The average molecular weight is 251 g/mol. The molecule has 2 rings (SSSR count). The van der Waals surface area contributed by atoms with E-state index in [4.69, 9.17) is 0 Å². The summed E-state index contributed by atoms with van der Waals surface area (Å²) in [5, 5.41) is 9.09. The topological polar surface area (TPSA) is 73.9 Å². The normalized spacial score (nSPS) is 18.5. The predicted octanol–water partition coefficient (Wildman–Crippen LogP) is 0.656. The molecule has 6 heteroatoms. The van der Waals surface area contributed by atoms with Crippen LogP contribution in [0.15, 0.2) is 6.33 Å². The van der Waals surface area contributed by atoms with Crippen molar-refractivity contribution in [1.29, 1.82) is 0 Å². The van der Waals surface area contributed by atoms with Crippen molar-refractivity contribution in [1.82, 2.24) is 25.4 Å². The number of aromatic nitrogens is 3. The van der Waals surface area contributed by atoms with Crippen LogP contribution in [0.4, 0.5) is 0 Å². The van der Waals surface area contributed by atoms with Crippen LogP contribution in [-0.2, 0) is 0 Å². The summed E-state index contributed by atoms with van der Waals surface area (Å²) in [5.74, 6) is 0.549. The van der Waals surface area contributed by atoms with E-state index in [1.54, 1.807) is 0 Å². The standard InChI is InChI=1S/C12H21N5O/c1-10(8-17-5-3-2-4-6-17)7-13-12(18)11-14-9-15-16-11/h9-10H,2-8H2,1H3,(H,13,18)(H,14,15,16). The second-order valence-electron chi connectivity index (χ2n) is 5.01. The lowest BCUT2D eigenvalue weighted by atomic mass is 10.1. The van der Waals surface area contributed by atoms with Crippen molar-refractivity contribution >= 4 is 5.91 Å².